The molecule has 184 valence electrons. The highest BCUT2D eigenvalue weighted by Gasteiger charge is 2.42. The Morgan fingerprint density at radius 3 is 2.34 bits per heavy atom. The van der Waals surface area contributed by atoms with Gasteiger partial charge in [0.05, 0.1) is 31.9 Å². The second kappa shape index (κ2) is 10.6. The van der Waals surface area contributed by atoms with Crippen molar-refractivity contribution in [2.24, 2.45) is 16.9 Å². The minimum absolute atomic E-state index is 0.0447. The average Bonchev–Trinajstić information content (AvgIpc) is 2.93. The molecule has 2 atom stereocenters. The van der Waals surface area contributed by atoms with Crippen LogP contribution in [0.5, 0.6) is 11.5 Å². The first-order chi connectivity index (χ1) is 17.2. The first-order valence-electron chi connectivity index (χ1n) is 12.7. The smallest absolute Gasteiger partial charge is 0.247 e. The number of amides is 1. The van der Waals surface area contributed by atoms with Gasteiger partial charge in [-0.2, -0.15) is 5.10 Å². The van der Waals surface area contributed by atoms with E-state index in [2.05, 4.69) is 47.4 Å². The molecule has 0 unspecified atom stereocenters. The number of nitrogens with zero attached hydrogens (tertiary/aromatic N) is 3. The molecule has 35 heavy (non-hydrogen) atoms. The fourth-order valence-corrected chi connectivity index (χ4v) is 5.65. The highest BCUT2D eigenvalue weighted by molar-refractivity contribution is 6.07. The second-order valence-electron chi connectivity index (χ2n) is 9.70. The number of rotatable bonds is 7. The van der Waals surface area contributed by atoms with Crippen molar-refractivity contribution < 1.29 is 14.3 Å². The molecule has 1 saturated heterocycles. The molecule has 0 bridgehead atoms. The monoisotopic (exact) mass is 473 g/mol. The molecule has 2 aromatic rings. The van der Waals surface area contributed by atoms with Gasteiger partial charge in [-0.25, -0.2) is 5.01 Å². The Hall–Kier alpha value is -3.12. The topological polar surface area (TPSA) is 54.4 Å². The predicted molar refractivity (Wildman–Crippen MR) is 138 cm³/mol. The summed E-state index contributed by atoms with van der Waals surface area (Å²) in [6, 6.07) is 16.8. The third-order valence-corrected chi connectivity index (χ3v) is 7.68. The SMILES string of the molecule is COc1ccc(C2=NN(C3CCN(CCc4ccccc4)CC3)C(=O)[C@@H]3CC=CC[C@H]23)cc1OC. The van der Waals surface area contributed by atoms with E-state index in [0.29, 0.717) is 11.5 Å². The molecule has 0 saturated carbocycles. The maximum atomic E-state index is 13.6. The lowest BCUT2D eigenvalue weighted by atomic mass is 9.76. The molecule has 0 aromatic heterocycles. The fourth-order valence-electron chi connectivity index (χ4n) is 5.65. The predicted octanol–water partition coefficient (Wildman–Crippen LogP) is 4.54. The molecule has 0 N–H and O–H groups in total. The number of likely N-dealkylation sites (tertiary alicyclic amines) is 1. The van der Waals surface area contributed by atoms with Crippen molar-refractivity contribution in [2.75, 3.05) is 33.9 Å². The highest BCUT2D eigenvalue weighted by atomic mass is 16.5. The average molecular weight is 474 g/mol. The quantitative estimate of drug-likeness (QED) is 0.554. The summed E-state index contributed by atoms with van der Waals surface area (Å²) >= 11 is 0. The minimum Gasteiger partial charge on any atom is -0.493 e. The Bertz CT molecular complexity index is 1090. The van der Waals surface area contributed by atoms with Crippen LogP contribution in [0.15, 0.2) is 65.8 Å². The standard InChI is InChI=1S/C29H35N3O3/c1-34-26-13-12-22(20-27(26)35-2)28-24-10-6-7-11-25(24)29(33)32(30-28)23-15-18-31(19-16-23)17-14-21-8-4-3-5-9-21/h3-9,12-13,20,23-25H,10-11,14-19H2,1-2H3/t24-,25+/m0/s1. The second-order valence-corrected chi connectivity index (χ2v) is 9.70. The molecule has 1 fully saturated rings. The first kappa shape index (κ1) is 23.6. The maximum absolute atomic E-state index is 13.6. The zero-order valence-electron chi connectivity index (χ0n) is 20.7. The van der Waals surface area contributed by atoms with E-state index in [0.717, 1.165) is 63.0 Å². The van der Waals surface area contributed by atoms with Gasteiger partial charge in [-0.05, 0) is 55.9 Å². The van der Waals surface area contributed by atoms with E-state index in [-0.39, 0.29) is 23.8 Å². The van der Waals surface area contributed by atoms with Crippen LogP contribution in [0.25, 0.3) is 0 Å². The number of allylic oxidation sites excluding steroid dienone is 2. The molecule has 1 amide bonds. The lowest BCUT2D eigenvalue weighted by Crippen LogP contribution is -2.52. The van der Waals surface area contributed by atoms with Gasteiger partial charge >= 0.3 is 0 Å². The number of methoxy groups -OCH3 is 2. The van der Waals surface area contributed by atoms with Crippen molar-refractivity contribution in [2.45, 2.75) is 38.1 Å². The molecular formula is C29H35N3O3. The molecule has 6 heteroatoms. The van der Waals surface area contributed by atoms with Gasteiger partial charge in [0.25, 0.3) is 0 Å². The van der Waals surface area contributed by atoms with Crippen molar-refractivity contribution in [1.82, 2.24) is 9.91 Å². The Labute approximate surface area is 208 Å². The van der Waals surface area contributed by atoms with E-state index in [1.807, 2.05) is 23.2 Å². The van der Waals surface area contributed by atoms with E-state index in [9.17, 15) is 4.79 Å². The molecule has 0 spiro atoms. The number of hydrazone groups is 1. The van der Waals surface area contributed by atoms with E-state index in [1.54, 1.807) is 14.2 Å². The lowest BCUT2D eigenvalue weighted by molar-refractivity contribution is -0.141. The maximum Gasteiger partial charge on any atom is 0.247 e. The number of hydrogen-bond donors (Lipinski definition) is 0. The normalized spacial score (nSPS) is 23.1. The first-order valence-corrected chi connectivity index (χ1v) is 12.7. The number of carbonyl (C=O) groups is 1. The van der Waals surface area contributed by atoms with Crippen LogP contribution in [0.3, 0.4) is 0 Å². The Morgan fingerprint density at radius 1 is 0.914 bits per heavy atom. The van der Waals surface area contributed by atoms with E-state index >= 15 is 0 Å². The molecule has 0 radical (unpaired) electrons. The third-order valence-electron chi connectivity index (χ3n) is 7.68. The number of carbonyl (C=O) groups excluding carboxylic acids is 1. The van der Waals surface area contributed by atoms with Crippen molar-refractivity contribution in [3.8, 4) is 11.5 Å². The molecule has 2 aliphatic heterocycles. The number of fused-ring (bicyclic) bond motifs is 1. The van der Waals surface area contributed by atoms with Gasteiger partial charge in [0.2, 0.25) is 5.91 Å². The van der Waals surface area contributed by atoms with E-state index in [1.165, 1.54) is 5.56 Å². The molecule has 3 aliphatic rings. The Kier molecular flexibility index (Phi) is 7.19. The van der Waals surface area contributed by atoms with Gasteiger partial charge in [-0.3, -0.25) is 4.79 Å². The van der Waals surface area contributed by atoms with Gasteiger partial charge in [-0.1, -0.05) is 42.5 Å². The molecule has 2 aromatic carbocycles. The molecular weight excluding hydrogens is 438 g/mol. The Morgan fingerprint density at radius 2 is 1.63 bits per heavy atom. The van der Waals surface area contributed by atoms with Crippen LogP contribution in [0.1, 0.15) is 36.8 Å². The summed E-state index contributed by atoms with van der Waals surface area (Å²) in [6.45, 7) is 3.05. The Balaban J connectivity index is 1.33. The van der Waals surface area contributed by atoms with Crippen LogP contribution in [0.2, 0.25) is 0 Å². The molecule has 5 rings (SSSR count). The molecule has 2 heterocycles. The van der Waals surface area contributed by atoms with Crippen LogP contribution >= 0.6 is 0 Å². The van der Waals surface area contributed by atoms with E-state index in [4.69, 9.17) is 14.6 Å². The van der Waals surface area contributed by atoms with Crippen LogP contribution in [-0.4, -0.2) is 61.4 Å². The summed E-state index contributed by atoms with van der Waals surface area (Å²) in [4.78, 5) is 16.1. The number of piperidine rings is 1. The van der Waals surface area contributed by atoms with Gasteiger partial charge in [0.15, 0.2) is 11.5 Å². The van der Waals surface area contributed by atoms with Gasteiger partial charge in [0.1, 0.15) is 0 Å². The van der Waals surface area contributed by atoms with Crippen LogP contribution in [0.4, 0.5) is 0 Å². The zero-order valence-corrected chi connectivity index (χ0v) is 20.7. The highest BCUT2D eigenvalue weighted by Crippen LogP contribution is 2.38. The van der Waals surface area contributed by atoms with Crippen molar-refractivity contribution in [3.63, 3.8) is 0 Å². The largest absolute Gasteiger partial charge is 0.493 e. The summed E-state index contributed by atoms with van der Waals surface area (Å²) in [5, 5.41) is 6.88. The van der Waals surface area contributed by atoms with Crippen molar-refractivity contribution in [3.05, 3.63) is 71.8 Å². The number of ether oxygens (including phenoxy) is 2. The fraction of sp³-hybridized carbons (Fsp3) is 0.448. The summed E-state index contributed by atoms with van der Waals surface area (Å²) in [7, 11) is 3.29. The van der Waals surface area contributed by atoms with Gasteiger partial charge in [0, 0.05) is 31.1 Å². The zero-order chi connectivity index (χ0) is 24.2. The third kappa shape index (κ3) is 4.98. The number of benzene rings is 2. The van der Waals surface area contributed by atoms with Crippen molar-refractivity contribution >= 4 is 11.6 Å². The van der Waals surface area contributed by atoms with E-state index < -0.39 is 0 Å². The van der Waals surface area contributed by atoms with Gasteiger partial charge < -0.3 is 14.4 Å². The lowest BCUT2D eigenvalue weighted by Gasteiger charge is -2.42. The van der Waals surface area contributed by atoms with Crippen LogP contribution in [-0.2, 0) is 11.2 Å². The van der Waals surface area contributed by atoms with Crippen LogP contribution < -0.4 is 9.47 Å². The number of hydrogen-bond acceptors (Lipinski definition) is 5. The summed E-state index contributed by atoms with van der Waals surface area (Å²) in [6.07, 6.45) is 8.93. The summed E-state index contributed by atoms with van der Waals surface area (Å²) in [5.41, 5.74) is 3.37. The van der Waals surface area contributed by atoms with Gasteiger partial charge in [-0.15, -0.1) is 0 Å². The summed E-state index contributed by atoms with van der Waals surface area (Å²) < 4.78 is 11.0. The van der Waals surface area contributed by atoms with Crippen LogP contribution in [0, 0.1) is 11.8 Å². The minimum atomic E-state index is -0.0447. The van der Waals surface area contributed by atoms with Crippen molar-refractivity contribution in [1.29, 1.82) is 0 Å². The molecule has 1 aliphatic carbocycles. The summed E-state index contributed by atoms with van der Waals surface area (Å²) in [5.74, 6) is 1.63. The molecule has 6 nitrogen and oxygen atoms in total.